The molecule has 0 aliphatic heterocycles. The van der Waals surface area contributed by atoms with E-state index in [-0.39, 0.29) is 0 Å². The van der Waals surface area contributed by atoms with E-state index >= 15 is 0 Å². The van der Waals surface area contributed by atoms with Crippen LogP contribution in [-0.4, -0.2) is 16.1 Å². The molecule has 3 aromatic carbocycles. The number of rotatable bonds is 2. The summed E-state index contributed by atoms with van der Waals surface area (Å²) in [5.74, 6) is 0. The van der Waals surface area contributed by atoms with Crippen LogP contribution in [0.15, 0.2) is 48.5 Å². The van der Waals surface area contributed by atoms with Crippen molar-refractivity contribution in [1.82, 2.24) is 0 Å². The molecule has 0 spiro atoms. The Hall–Kier alpha value is -1.65. The van der Waals surface area contributed by atoms with Gasteiger partial charge in [-0.2, -0.15) is 0 Å². The molecule has 0 N–H and O–H groups in total. The highest BCUT2D eigenvalue weighted by Crippen LogP contribution is 2.46. The van der Waals surface area contributed by atoms with Gasteiger partial charge in [-0.1, -0.05) is 98.2 Å². The van der Waals surface area contributed by atoms with Crippen LogP contribution < -0.4 is 10.4 Å². The molecule has 0 saturated heterocycles. The quantitative estimate of drug-likeness (QED) is 0.416. The normalized spacial score (nSPS) is 13.4. The molecule has 0 aromatic heterocycles. The molecular weight excluding hydrogens is 320 g/mol. The van der Waals surface area contributed by atoms with E-state index in [9.17, 15) is 0 Å². The average molecular weight is 347 g/mol. The minimum atomic E-state index is -1.41. The van der Waals surface area contributed by atoms with Crippen LogP contribution >= 0.6 is 0 Å². The molecule has 122 valence electrons. The number of benzene rings is 3. The van der Waals surface area contributed by atoms with E-state index in [1.165, 1.54) is 21.9 Å². The molecule has 0 radical (unpaired) electrons. The molecule has 3 aromatic rings. The van der Waals surface area contributed by atoms with Crippen molar-refractivity contribution in [3.05, 3.63) is 48.5 Å². The smallest absolute Gasteiger partial charge is 0.0656 e. The molecule has 0 nitrogen and oxygen atoms in total. The van der Waals surface area contributed by atoms with Crippen LogP contribution in [-0.2, 0) is 0 Å². The number of hydrogen-bond acceptors (Lipinski definition) is 0. The molecule has 1 aliphatic rings. The van der Waals surface area contributed by atoms with Crippen LogP contribution in [0.25, 0.3) is 33.0 Å². The highest BCUT2D eigenvalue weighted by atomic mass is 28.3. The topological polar surface area (TPSA) is 0 Å². The third kappa shape index (κ3) is 2.16. The van der Waals surface area contributed by atoms with Crippen LogP contribution in [0.3, 0.4) is 0 Å². The zero-order valence-corrected chi connectivity index (χ0v) is 17.6. The molecule has 0 heterocycles. The van der Waals surface area contributed by atoms with Gasteiger partial charge in [-0.3, -0.25) is 0 Å². The molecule has 0 amide bonds. The maximum atomic E-state index is 2.47. The van der Waals surface area contributed by atoms with Gasteiger partial charge in [-0.25, -0.2) is 0 Å². The van der Waals surface area contributed by atoms with E-state index in [0.29, 0.717) is 0 Å². The van der Waals surface area contributed by atoms with E-state index in [4.69, 9.17) is 0 Å². The van der Waals surface area contributed by atoms with Gasteiger partial charge in [-0.05, 0) is 33.0 Å². The minimum absolute atomic E-state index is 1.38. The SMILES string of the molecule is C[Si](C)(C)c1ccc([Si](C)(C)C)c2c1-c1cccc3cccc-2c13. The van der Waals surface area contributed by atoms with Gasteiger partial charge in [0.15, 0.2) is 0 Å². The predicted octanol–water partition coefficient (Wildman–Crippen LogP) is 5.58. The van der Waals surface area contributed by atoms with Crippen molar-refractivity contribution >= 4 is 37.3 Å². The monoisotopic (exact) mass is 346 g/mol. The van der Waals surface area contributed by atoms with E-state index in [0.717, 1.165) is 0 Å². The third-order valence-corrected chi connectivity index (χ3v) is 9.33. The Bertz CT molecular complexity index is 894. The summed E-state index contributed by atoms with van der Waals surface area (Å²) in [7, 11) is -2.82. The van der Waals surface area contributed by atoms with Gasteiger partial charge in [0.1, 0.15) is 0 Å². The summed E-state index contributed by atoms with van der Waals surface area (Å²) in [6.07, 6.45) is 0. The summed E-state index contributed by atoms with van der Waals surface area (Å²) in [4.78, 5) is 0. The summed E-state index contributed by atoms with van der Waals surface area (Å²) in [5.41, 5.74) is 6.05. The fourth-order valence-electron chi connectivity index (χ4n) is 4.17. The maximum Gasteiger partial charge on any atom is 0.0784 e. The number of hydrogen-bond donors (Lipinski definition) is 0. The summed E-state index contributed by atoms with van der Waals surface area (Å²) in [6, 6.07) is 18.6. The van der Waals surface area contributed by atoms with Crippen LogP contribution in [0.2, 0.25) is 39.3 Å². The lowest BCUT2D eigenvalue weighted by Crippen LogP contribution is -2.44. The molecule has 4 rings (SSSR count). The highest BCUT2D eigenvalue weighted by molar-refractivity contribution is 6.92. The van der Waals surface area contributed by atoms with E-state index < -0.39 is 16.1 Å². The van der Waals surface area contributed by atoms with Crippen molar-refractivity contribution in [3.8, 4) is 22.3 Å². The minimum Gasteiger partial charge on any atom is -0.0656 e. The van der Waals surface area contributed by atoms with Gasteiger partial charge in [-0.15, -0.1) is 0 Å². The second-order valence-corrected chi connectivity index (χ2v) is 19.2. The molecule has 24 heavy (non-hydrogen) atoms. The van der Waals surface area contributed by atoms with E-state index in [2.05, 4.69) is 87.8 Å². The largest absolute Gasteiger partial charge is 0.0784 e. The first-order valence-corrected chi connectivity index (χ1v) is 15.9. The number of fused-ring (bicyclic) bond motifs is 3. The van der Waals surface area contributed by atoms with Crippen molar-refractivity contribution in [2.45, 2.75) is 39.3 Å². The van der Waals surface area contributed by atoms with Crippen molar-refractivity contribution in [2.24, 2.45) is 0 Å². The Morgan fingerprint density at radius 1 is 0.542 bits per heavy atom. The van der Waals surface area contributed by atoms with Gasteiger partial charge >= 0.3 is 0 Å². The zero-order valence-electron chi connectivity index (χ0n) is 15.6. The van der Waals surface area contributed by atoms with Gasteiger partial charge in [0, 0.05) is 0 Å². The second-order valence-electron chi connectivity index (χ2n) is 9.12. The highest BCUT2D eigenvalue weighted by Gasteiger charge is 2.33. The Kier molecular flexibility index (Phi) is 3.26. The van der Waals surface area contributed by atoms with Gasteiger partial charge in [0.25, 0.3) is 0 Å². The van der Waals surface area contributed by atoms with Gasteiger partial charge < -0.3 is 0 Å². The van der Waals surface area contributed by atoms with Gasteiger partial charge in [0.05, 0.1) is 16.1 Å². The third-order valence-electron chi connectivity index (χ3n) is 5.26. The summed E-state index contributed by atoms with van der Waals surface area (Å²) in [5, 5.41) is 6.08. The van der Waals surface area contributed by atoms with Crippen LogP contribution in [0.4, 0.5) is 0 Å². The molecule has 0 saturated carbocycles. The molecule has 1 aliphatic carbocycles. The maximum absolute atomic E-state index is 2.47. The molecular formula is C22H26Si2. The van der Waals surface area contributed by atoms with Crippen molar-refractivity contribution in [3.63, 3.8) is 0 Å². The second kappa shape index (κ2) is 4.93. The molecule has 0 fully saturated rings. The summed E-state index contributed by atoms with van der Waals surface area (Å²) >= 11 is 0. The summed E-state index contributed by atoms with van der Waals surface area (Å²) in [6.45, 7) is 14.8. The van der Waals surface area contributed by atoms with Gasteiger partial charge in [0.2, 0.25) is 0 Å². The van der Waals surface area contributed by atoms with Crippen LogP contribution in [0, 0.1) is 0 Å². The van der Waals surface area contributed by atoms with Crippen molar-refractivity contribution in [1.29, 1.82) is 0 Å². The Balaban J connectivity index is 2.22. The average Bonchev–Trinajstić information content (AvgIpc) is 2.82. The standard InChI is InChI=1S/C22H26Si2/c1-23(2,3)18-13-14-19(24(4,5)6)22-17-12-8-10-15-9-7-11-16(20(15)17)21(18)22/h7-14H,1-6H3. The lowest BCUT2D eigenvalue weighted by atomic mass is 10.0. The fraction of sp³-hybridized carbons (Fsp3) is 0.273. The van der Waals surface area contributed by atoms with Crippen LogP contribution in [0.1, 0.15) is 0 Å². The molecule has 0 atom stereocenters. The first-order chi connectivity index (χ1) is 11.2. The Morgan fingerprint density at radius 2 is 0.958 bits per heavy atom. The Labute approximate surface area is 147 Å². The van der Waals surface area contributed by atoms with E-state index in [1.807, 2.05) is 0 Å². The predicted molar refractivity (Wildman–Crippen MR) is 114 cm³/mol. The summed E-state index contributed by atoms with van der Waals surface area (Å²) < 4.78 is 0. The first kappa shape index (κ1) is 15.9. The van der Waals surface area contributed by atoms with Crippen LogP contribution in [0.5, 0.6) is 0 Å². The molecule has 0 bridgehead atoms. The van der Waals surface area contributed by atoms with Crippen molar-refractivity contribution < 1.29 is 0 Å². The first-order valence-electron chi connectivity index (χ1n) is 8.90. The fourth-order valence-corrected chi connectivity index (χ4v) is 7.36. The zero-order chi connectivity index (χ0) is 17.3. The molecule has 2 heteroatoms. The lowest BCUT2D eigenvalue weighted by Gasteiger charge is -2.27. The Morgan fingerprint density at radius 3 is 1.33 bits per heavy atom. The van der Waals surface area contributed by atoms with Crippen molar-refractivity contribution in [2.75, 3.05) is 0 Å². The van der Waals surface area contributed by atoms with E-state index in [1.54, 1.807) is 21.5 Å². The molecule has 0 unspecified atom stereocenters. The lowest BCUT2D eigenvalue weighted by molar-refractivity contribution is 1.66.